The molecular weight excluding hydrogens is 279 g/mol. The van der Waals surface area contributed by atoms with Crippen molar-refractivity contribution in [3.63, 3.8) is 0 Å². The van der Waals surface area contributed by atoms with Gasteiger partial charge in [-0.05, 0) is 23.3 Å². The Morgan fingerprint density at radius 1 is 1.25 bits per heavy atom. The minimum atomic E-state index is -0.730. The van der Waals surface area contributed by atoms with E-state index < -0.39 is 11.9 Å². The average Bonchev–Trinajstić information content (AvgIpc) is 2.48. The van der Waals surface area contributed by atoms with Crippen LogP contribution >= 0.6 is 11.6 Å². The van der Waals surface area contributed by atoms with Gasteiger partial charge in [0.15, 0.2) is 0 Å². The standard InChI is InChI=1S/C15H14ClFN2O/c16-12-8-10(6-7-13(12)17)9-19-15(20)14(18)11-4-2-1-3-5-11/h1-8,14H,9,18H2,(H,19,20)/t14-/m0/s1. The van der Waals surface area contributed by atoms with Crippen LogP contribution in [-0.2, 0) is 11.3 Å². The van der Waals surface area contributed by atoms with Crippen LogP contribution in [0.1, 0.15) is 17.2 Å². The summed E-state index contributed by atoms with van der Waals surface area (Å²) in [6, 6.07) is 12.7. The summed E-state index contributed by atoms with van der Waals surface area (Å²) < 4.78 is 13.0. The summed E-state index contributed by atoms with van der Waals surface area (Å²) in [6.07, 6.45) is 0. The number of benzene rings is 2. The molecule has 0 unspecified atom stereocenters. The molecule has 2 aromatic rings. The van der Waals surface area contributed by atoms with E-state index in [9.17, 15) is 9.18 Å². The van der Waals surface area contributed by atoms with E-state index in [-0.39, 0.29) is 17.5 Å². The first-order valence-electron chi connectivity index (χ1n) is 6.10. The van der Waals surface area contributed by atoms with Gasteiger partial charge in [-0.1, -0.05) is 48.0 Å². The zero-order chi connectivity index (χ0) is 14.5. The Hall–Kier alpha value is -1.91. The second-order valence-corrected chi connectivity index (χ2v) is 4.76. The molecule has 2 aromatic carbocycles. The van der Waals surface area contributed by atoms with Crippen molar-refractivity contribution in [2.45, 2.75) is 12.6 Å². The van der Waals surface area contributed by atoms with E-state index in [2.05, 4.69) is 5.32 Å². The fraction of sp³-hybridized carbons (Fsp3) is 0.133. The highest BCUT2D eigenvalue weighted by molar-refractivity contribution is 6.30. The predicted octanol–water partition coefficient (Wildman–Crippen LogP) is 2.80. The predicted molar refractivity (Wildman–Crippen MR) is 76.6 cm³/mol. The van der Waals surface area contributed by atoms with Crippen molar-refractivity contribution in [1.29, 1.82) is 0 Å². The largest absolute Gasteiger partial charge is 0.350 e. The lowest BCUT2D eigenvalue weighted by molar-refractivity contribution is -0.122. The molecule has 104 valence electrons. The highest BCUT2D eigenvalue weighted by Crippen LogP contribution is 2.16. The molecule has 0 radical (unpaired) electrons. The molecular formula is C15H14ClFN2O. The number of rotatable bonds is 4. The van der Waals surface area contributed by atoms with Crippen LogP contribution in [0.3, 0.4) is 0 Å². The Balaban J connectivity index is 1.96. The zero-order valence-electron chi connectivity index (χ0n) is 10.6. The van der Waals surface area contributed by atoms with E-state index >= 15 is 0 Å². The maximum absolute atomic E-state index is 13.0. The van der Waals surface area contributed by atoms with Crippen molar-refractivity contribution in [3.05, 3.63) is 70.5 Å². The first-order valence-corrected chi connectivity index (χ1v) is 6.48. The van der Waals surface area contributed by atoms with Crippen molar-refractivity contribution in [2.24, 2.45) is 5.73 Å². The summed E-state index contributed by atoms with van der Waals surface area (Å²) in [4.78, 5) is 11.9. The third-order valence-electron chi connectivity index (χ3n) is 2.89. The first-order chi connectivity index (χ1) is 9.58. The van der Waals surface area contributed by atoms with Crippen LogP contribution in [0, 0.1) is 5.82 Å². The minimum absolute atomic E-state index is 0.0316. The van der Waals surface area contributed by atoms with E-state index in [4.69, 9.17) is 17.3 Å². The zero-order valence-corrected chi connectivity index (χ0v) is 11.4. The van der Waals surface area contributed by atoms with Crippen molar-refractivity contribution < 1.29 is 9.18 Å². The van der Waals surface area contributed by atoms with Crippen LogP contribution in [0.4, 0.5) is 4.39 Å². The Labute approximate surface area is 121 Å². The molecule has 0 aromatic heterocycles. The topological polar surface area (TPSA) is 55.1 Å². The molecule has 3 nitrogen and oxygen atoms in total. The number of halogens is 2. The van der Waals surface area contributed by atoms with Crippen LogP contribution in [0.5, 0.6) is 0 Å². The highest BCUT2D eigenvalue weighted by Gasteiger charge is 2.14. The second-order valence-electron chi connectivity index (χ2n) is 4.35. The molecule has 5 heteroatoms. The summed E-state index contributed by atoms with van der Waals surface area (Å²) in [5.41, 5.74) is 7.31. The summed E-state index contributed by atoms with van der Waals surface area (Å²) in [5.74, 6) is -0.778. The lowest BCUT2D eigenvalue weighted by Crippen LogP contribution is -2.33. The van der Waals surface area contributed by atoms with Crippen molar-refractivity contribution in [1.82, 2.24) is 5.32 Å². The summed E-state index contributed by atoms with van der Waals surface area (Å²) in [6.45, 7) is 0.249. The van der Waals surface area contributed by atoms with Gasteiger partial charge in [0, 0.05) is 6.54 Å². The van der Waals surface area contributed by atoms with Crippen molar-refractivity contribution >= 4 is 17.5 Å². The number of carbonyl (C=O) groups is 1. The Kier molecular flexibility index (Phi) is 4.71. The molecule has 2 rings (SSSR count). The van der Waals surface area contributed by atoms with Crippen molar-refractivity contribution in [2.75, 3.05) is 0 Å². The molecule has 0 fully saturated rings. The van der Waals surface area contributed by atoms with Gasteiger partial charge in [0.25, 0.3) is 0 Å². The molecule has 3 N–H and O–H groups in total. The normalized spacial score (nSPS) is 11.9. The molecule has 0 aliphatic carbocycles. The van der Waals surface area contributed by atoms with Gasteiger partial charge in [-0.2, -0.15) is 0 Å². The Morgan fingerprint density at radius 3 is 2.60 bits per heavy atom. The lowest BCUT2D eigenvalue weighted by Gasteiger charge is -2.12. The van der Waals surface area contributed by atoms with Crippen molar-refractivity contribution in [3.8, 4) is 0 Å². The molecule has 0 aliphatic heterocycles. The molecule has 0 saturated carbocycles. The van der Waals surface area contributed by atoms with E-state index in [1.165, 1.54) is 12.1 Å². The van der Waals surface area contributed by atoms with Gasteiger partial charge in [-0.15, -0.1) is 0 Å². The molecule has 1 atom stereocenters. The van der Waals surface area contributed by atoms with E-state index in [1.54, 1.807) is 18.2 Å². The fourth-order valence-electron chi connectivity index (χ4n) is 1.76. The summed E-state index contributed by atoms with van der Waals surface area (Å²) in [7, 11) is 0. The number of amides is 1. The van der Waals surface area contributed by atoms with Gasteiger partial charge in [0.1, 0.15) is 11.9 Å². The van der Waals surface area contributed by atoms with Crippen LogP contribution < -0.4 is 11.1 Å². The van der Waals surface area contributed by atoms with Gasteiger partial charge < -0.3 is 11.1 Å². The lowest BCUT2D eigenvalue weighted by atomic mass is 10.1. The molecule has 0 saturated heterocycles. The van der Waals surface area contributed by atoms with Crippen LogP contribution in [0.2, 0.25) is 5.02 Å². The van der Waals surface area contributed by atoms with Gasteiger partial charge in [-0.3, -0.25) is 4.79 Å². The number of hydrogen-bond acceptors (Lipinski definition) is 2. The van der Waals surface area contributed by atoms with Crippen LogP contribution in [0.25, 0.3) is 0 Å². The Bertz CT molecular complexity index is 604. The van der Waals surface area contributed by atoms with Gasteiger partial charge in [0.2, 0.25) is 5.91 Å². The van der Waals surface area contributed by atoms with E-state index in [1.807, 2.05) is 18.2 Å². The van der Waals surface area contributed by atoms with Gasteiger partial charge in [0.05, 0.1) is 5.02 Å². The average molecular weight is 293 g/mol. The minimum Gasteiger partial charge on any atom is -0.350 e. The molecule has 0 bridgehead atoms. The van der Waals surface area contributed by atoms with E-state index in [0.29, 0.717) is 5.56 Å². The first kappa shape index (κ1) is 14.5. The molecule has 0 heterocycles. The molecule has 20 heavy (non-hydrogen) atoms. The maximum Gasteiger partial charge on any atom is 0.241 e. The Morgan fingerprint density at radius 2 is 1.95 bits per heavy atom. The number of carbonyl (C=O) groups excluding carboxylic acids is 1. The maximum atomic E-state index is 13.0. The highest BCUT2D eigenvalue weighted by atomic mass is 35.5. The third-order valence-corrected chi connectivity index (χ3v) is 3.18. The third kappa shape index (κ3) is 3.56. The molecule has 1 amide bonds. The van der Waals surface area contributed by atoms with Crippen LogP contribution in [-0.4, -0.2) is 5.91 Å². The SMILES string of the molecule is N[C@H](C(=O)NCc1ccc(F)c(Cl)c1)c1ccccc1. The monoisotopic (exact) mass is 292 g/mol. The summed E-state index contributed by atoms with van der Waals surface area (Å²) >= 11 is 5.68. The van der Waals surface area contributed by atoms with Crippen LogP contribution in [0.15, 0.2) is 48.5 Å². The summed E-state index contributed by atoms with van der Waals surface area (Å²) in [5, 5.41) is 2.73. The quantitative estimate of drug-likeness (QED) is 0.910. The van der Waals surface area contributed by atoms with Gasteiger partial charge in [-0.25, -0.2) is 4.39 Å². The van der Waals surface area contributed by atoms with Gasteiger partial charge >= 0.3 is 0 Å². The number of nitrogens with one attached hydrogen (secondary N) is 1. The van der Waals surface area contributed by atoms with E-state index in [0.717, 1.165) is 5.56 Å². The smallest absolute Gasteiger partial charge is 0.241 e. The second kappa shape index (κ2) is 6.50. The molecule has 0 spiro atoms. The number of nitrogens with two attached hydrogens (primary N) is 1. The fourth-order valence-corrected chi connectivity index (χ4v) is 1.96. The number of hydrogen-bond donors (Lipinski definition) is 2. The molecule has 0 aliphatic rings.